The fraction of sp³-hybridized carbons (Fsp3) is 0.300. The molecule has 0 aliphatic heterocycles. The SMILES string of the molecule is COc1cc(NC(=O)CN(c2ccc(C(=O)N(C)C)cc2)S(C)(=O)=O)c(OC)cc1Cl. The molecule has 2 aromatic rings. The quantitative estimate of drug-likeness (QED) is 0.636. The van der Waals surface area contributed by atoms with Crippen LogP contribution in [0.1, 0.15) is 10.4 Å². The Balaban J connectivity index is 2.28. The summed E-state index contributed by atoms with van der Waals surface area (Å²) >= 11 is 6.06. The summed E-state index contributed by atoms with van der Waals surface area (Å²) in [5, 5.41) is 2.90. The number of sulfonamides is 1. The van der Waals surface area contributed by atoms with Crippen LogP contribution in [0.4, 0.5) is 11.4 Å². The number of ether oxygens (including phenoxy) is 2. The van der Waals surface area contributed by atoms with E-state index < -0.39 is 22.5 Å². The van der Waals surface area contributed by atoms with Gasteiger partial charge in [0.15, 0.2) is 0 Å². The summed E-state index contributed by atoms with van der Waals surface area (Å²) in [5.41, 5.74) is 0.910. The molecule has 0 aliphatic rings. The minimum absolute atomic E-state index is 0.223. The Kier molecular flexibility index (Phi) is 7.75. The summed E-state index contributed by atoms with van der Waals surface area (Å²) < 4.78 is 35.9. The molecule has 0 aliphatic carbocycles. The van der Waals surface area contributed by atoms with Gasteiger partial charge in [-0.2, -0.15) is 0 Å². The van der Waals surface area contributed by atoms with Crippen molar-refractivity contribution in [2.24, 2.45) is 0 Å². The molecule has 0 bridgehead atoms. The number of rotatable bonds is 8. The Bertz CT molecular complexity index is 1070. The molecule has 2 aromatic carbocycles. The Labute approximate surface area is 186 Å². The average molecular weight is 470 g/mol. The van der Waals surface area contributed by atoms with Gasteiger partial charge in [-0.25, -0.2) is 8.42 Å². The van der Waals surface area contributed by atoms with Gasteiger partial charge in [-0.1, -0.05) is 11.6 Å². The maximum Gasteiger partial charge on any atom is 0.253 e. The summed E-state index contributed by atoms with van der Waals surface area (Å²) in [5.74, 6) is -0.226. The third-order valence-electron chi connectivity index (χ3n) is 4.24. The highest BCUT2D eigenvalue weighted by Crippen LogP contribution is 2.35. The lowest BCUT2D eigenvalue weighted by Crippen LogP contribution is -2.37. The number of nitrogens with one attached hydrogen (secondary N) is 1. The van der Waals surface area contributed by atoms with Gasteiger partial charge in [-0.05, 0) is 24.3 Å². The van der Waals surface area contributed by atoms with Crippen molar-refractivity contribution in [3.05, 3.63) is 47.0 Å². The monoisotopic (exact) mass is 469 g/mol. The topological polar surface area (TPSA) is 105 Å². The zero-order valence-corrected chi connectivity index (χ0v) is 19.4. The average Bonchev–Trinajstić information content (AvgIpc) is 2.71. The Morgan fingerprint density at radius 1 is 1.03 bits per heavy atom. The molecule has 0 saturated heterocycles. The van der Waals surface area contributed by atoms with E-state index in [1.165, 1.54) is 55.5 Å². The second-order valence-electron chi connectivity index (χ2n) is 6.75. The zero-order chi connectivity index (χ0) is 23.3. The molecular weight excluding hydrogens is 446 g/mol. The molecule has 1 N–H and O–H groups in total. The number of carbonyl (C=O) groups excluding carboxylic acids is 2. The minimum Gasteiger partial charge on any atom is -0.495 e. The van der Waals surface area contributed by atoms with Crippen molar-refractivity contribution in [2.45, 2.75) is 0 Å². The molecule has 0 unspecified atom stereocenters. The molecule has 2 amide bonds. The number of benzene rings is 2. The van der Waals surface area contributed by atoms with Gasteiger partial charge in [0.25, 0.3) is 5.91 Å². The van der Waals surface area contributed by atoms with Crippen LogP contribution in [-0.4, -0.2) is 66.2 Å². The minimum atomic E-state index is -3.79. The molecule has 0 fully saturated rings. The van der Waals surface area contributed by atoms with Gasteiger partial charge in [0, 0.05) is 31.8 Å². The summed E-state index contributed by atoms with van der Waals surface area (Å²) in [6, 6.07) is 8.89. The maximum absolute atomic E-state index is 12.7. The highest BCUT2D eigenvalue weighted by molar-refractivity contribution is 7.92. The van der Waals surface area contributed by atoms with Gasteiger partial charge in [-0.3, -0.25) is 13.9 Å². The van der Waals surface area contributed by atoms with E-state index in [2.05, 4.69) is 5.32 Å². The Morgan fingerprint density at radius 2 is 1.61 bits per heavy atom. The number of methoxy groups -OCH3 is 2. The van der Waals surface area contributed by atoms with E-state index in [0.717, 1.165) is 10.6 Å². The predicted molar refractivity (Wildman–Crippen MR) is 120 cm³/mol. The van der Waals surface area contributed by atoms with Crippen molar-refractivity contribution in [3.8, 4) is 11.5 Å². The first-order valence-corrected chi connectivity index (χ1v) is 11.2. The van der Waals surface area contributed by atoms with Crippen molar-refractivity contribution in [1.29, 1.82) is 0 Å². The van der Waals surface area contributed by atoms with E-state index in [4.69, 9.17) is 21.1 Å². The van der Waals surface area contributed by atoms with Crippen molar-refractivity contribution >= 4 is 44.8 Å². The van der Waals surface area contributed by atoms with Crippen LogP contribution in [0.3, 0.4) is 0 Å². The lowest BCUT2D eigenvalue weighted by Gasteiger charge is -2.22. The van der Waals surface area contributed by atoms with Crippen LogP contribution in [0.2, 0.25) is 5.02 Å². The van der Waals surface area contributed by atoms with Crippen LogP contribution < -0.4 is 19.1 Å². The second kappa shape index (κ2) is 9.88. The number of carbonyl (C=O) groups is 2. The highest BCUT2D eigenvalue weighted by Gasteiger charge is 2.22. The third-order valence-corrected chi connectivity index (χ3v) is 5.68. The van der Waals surface area contributed by atoms with Gasteiger partial charge >= 0.3 is 0 Å². The van der Waals surface area contributed by atoms with Crippen LogP contribution in [0.5, 0.6) is 11.5 Å². The summed E-state index contributed by atoms with van der Waals surface area (Å²) in [6.07, 6.45) is 0.991. The predicted octanol–water partition coefficient (Wildman–Crippen LogP) is 2.46. The van der Waals surface area contributed by atoms with Crippen LogP contribution in [-0.2, 0) is 14.8 Å². The lowest BCUT2D eigenvalue weighted by atomic mass is 10.2. The van der Waals surface area contributed by atoms with E-state index in [1.54, 1.807) is 14.1 Å². The van der Waals surface area contributed by atoms with Crippen molar-refractivity contribution in [1.82, 2.24) is 4.90 Å². The van der Waals surface area contributed by atoms with Crippen molar-refractivity contribution in [3.63, 3.8) is 0 Å². The fourth-order valence-electron chi connectivity index (χ4n) is 2.71. The smallest absolute Gasteiger partial charge is 0.253 e. The van der Waals surface area contributed by atoms with Gasteiger partial charge in [0.2, 0.25) is 15.9 Å². The number of halogens is 1. The molecule has 0 aromatic heterocycles. The summed E-state index contributed by atoms with van der Waals surface area (Å²) in [7, 11) is 2.28. The normalized spacial score (nSPS) is 10.9. The number of anilines is 2. The molecular formula is C20H24ClN3O6S. The van der Waals surface area contributed by atoms with Gasteiger partial charge in [0.05, 0.1) is 36.9 Å². The molecule has 0 radical (unpaired) electrons. The van der Waals surface area contributed by atoms with E-state index in [9.17, 15) is 18.0 Å². The van der Waals surface area contributed by atoms with Gasteiger partial charge in [-0.15, -0.1) is 0 Å². The van der Waals surface area contributed by atoms with E-state index in [0.29, 0.717) is 16.3 Å². The highest BCUT2D eigenvalue weighted by atomic mass is 35.5. The maximum atomic E-state index is 12.7. The lowest BCUT2D eigenvalue weighted by molar-refractivity contribution is -0.114. The molecule has 0 spiro atoms. The molecule has 31 heavy (non-hydrogen) atoms. The van der Waals surface area contributed by atoms with Crippen molar-refractivity contribution in [2.75, 3.05) is 50.7 Å². The van der Waals surface area contributed by atoms with Gasteiger partial charge in [0.1, 0.15) is 18.0 Å². The molecule has 0 heterocycles. The first-order chi connectivity index (χ1) is 14.5. The van der Waals surface area contributed by atoms with E-state index >= 15 is 0 Å². The molecule has 11 heteroatoms. The second-order valence-corrected chi connectivity index (χ2v) is 9.07. The summed E-state index contributed by atoms with van der Waals surface area (Å²) in [4.78, 5) is 26.1. The largest absolute Gasteiger partial charge is 0.495 e. The molecule has 2 rings (SSSR count). The van der Waals surface area contributed by atoms with Crippen LogP contribution in [0, 0.1) is 0 Å². The van der Waals surface area contributed by atoms with Gasteiger partial charge < -0.3 is 19.7 Å². The standard InChI is InChI=1S/C20H24ClN3O6S/c1-23(2)20(26)13-6-8-14(9-7-13)24(31(5,27)28)12-19(25)22-16-11-17(29-3)15(21)10-18(16)30-4/h6-11H,12H2,1-5H3,(H,22,25). The Hall–Kier alpha value is -2.98. The Morgan fingerprint density at radius 3 is 2.10 bits per heavy atom. The molecule has 9 nitrogen and oxygen atoms in total. The van der Waals surface area contributed by atoms with E-state index in [1.807, 2.05) is 0 Å². The first kappa shape index (κ1) is 24.3. The number of hydrogen-bond acceptors (Lipinski definition) is 6. The van der Waals surface area contributed by atoms with Crippen LogP contribution in [0.25, 0.3) is 0 Å². The number of nitrogens with zero attached hydrogens (tertiary/aromatic N) is 2. The first-order valence-electron chi connectivity index (χ1n) is 8.98. The zero-order valence-electron chi connectivity index (χ0n) is 17.8. The number of amides is 2. The van der Waals surface area contributed by atoms with Crippen LogP contribution in [0.15, 0.2) is 36.4 Å². The number of hydrogen-bond donors (Lipinski definition) is 1. The molecule has 168 valence electrons. The van der Waals surface area contributed by atoms with Crippen molar-refractivity contribution < 1.29 is 27.5 Å². The fourth-order valence-corrected chi connectivity index (χ4v) is 3.79. The summed E-state index contributed by atoms with van der Waals surface area (Å²) in [6.45, 7) is -0.492. The third kappa shape index (κ3) is 6.02. The van der Waals surface area contributed by atoms with Crippen LogP contribution >= 0.6 is 11.6 Å². The van der Waals surface area contributed by atoms with E-state index in [-0.39, 0.29) is 23.0 Å². The molecule has 0 saturated carbocycles. The molecule has 0 atom stereocenters.